The number of rotatable bonds is 20. The second kappa shape index (κ2) is 21.9. The quantitative estimate of drug-likeness (QED) is 0.0848. The number of anilines is 1. The lowest BCUT2D eigenvalue weighted by Gasteiger charge is -2.36. The van der Waals surface area contributed by atoms with Gasteiger partial charge in [0.1, 0.15) is 18.1 Å². The summed E-state index contributed by atoms with van der Waals surface area (Å²) in [5.41, 5.74) is 5.00. The normalized spacial score (nSPS) is 15.2. The van der Waals surface area contributed by atoms with E-state index >= 15 is 0 Å². The molecular weight excluding hydrogens is 863 g/mol. The number of hydrogen-bond acceptors (Lipinski definition) is 11. The number of halogens is 4. The fraction of sp³-hybridized carbons (Fsp3) is 0.410. The first-order valence-corrected chi connectivity index (χ1v) is 21.0. The molecule has 18 nitrogen and oxygen atoms in total. The molecule has 1 fully saturated rings. The van der Waals surface area contributed by atoms with Gasteiger partial charge < -0.3 is 41.9 Å². The first kappa shape index (κ1) is 49.0. The Morgan fingerprint density at radius 2 is 1.58 bits per heavy atom. The summed E-state index contributed by atoms with van der Waals surface area (Å²) < 4.78 is 67.4. The lowest BCUT2D eigenvalue weighted by Crippen LogP contribution is -2.58. The van der Waals surface area contributed by atoms with Gasteiger partial charge in [0, 0.05) is 49.1 Å². The standard InChI is InChI=1S/C39H47ClF3N9O9S/c1-51-17-13-26(14-18-51)52(2)22-32(37(57)47-25-5-3-24(4-6-25)35(44)55)49-36(56)31(19-23-11-15-45-16-12-23)48-34(54)21-46-33(53)10-9-30(38(58)59)50-62(60,61)27-7-8-29(40)28(20-27)39(41,42)43/h3-8,11-12,15-16,20,26,30-32,50H,9-10,13-14,17-19,21-22H2,1-2H3,(H2,44,55)(H,46,53)(H,47,57)(H,48,54)(H,49,56)(H,58,59)/t30-,31-,32-/m0/s1. The summed E-state index contributed by atoms with van der Waals surface area (Å²) >= 11 is 5.56. The Labute approximate surface area is 360 Å². The number of likely N-dealkylation sites (tertiary alicyclic amines) is 1. The monoisotopic (exact) mass is 909 g/mol. The summed E-state index contributed by atoms with van der Waals surface area (Å²) in [5.74, 6) is -5.49. The van der Waals surface area contributed by atoms with Gasteiger partial charge in [-0.3, -0.25) is 33.8 Å². The molecule has 2 heterocycles. The molecule has 3 atom stereocenters. The average molecular weight is 910 g/mol. The molecule has 3 aromatic rings. The first-order chi connectivity index (χ1) is 29.1. The largest absolute Gasteiger partial charge is 0.480 e. The molecule has 5 amide bonds. The van der Waals surface area contributed by atoms with Crippen molar-refractivity contribution in [3.05, 3.63) is 88.7 Å². The number of carbonyl (C=O) groups is 6. The van der Waals surface area contributed by atoms with Gasteiger partial charge in [-0.05, 0) is 107 Å². The number of pyridine rings is 1. The van der Waals surface area contributed by atoms with Crippen molar-refractivity contribution >= 4 is 62.8 Å². The molecule has 23 heteroatoms. The Morgan fingerprint density at radius 3 is 2.18 bits per heavy atom. The predicted octanol–water partition coefficient (Wildman–Crippen LogP) is 1.36. The molecule has 0 aliphatic carbocycles. The van der Waals surface area contributed by atoms with Gasteiger partial charge in [0.2, 0.25) is 39.6 Å². The van der Waals surface area contributed by atoms with E-state index in [4.69, 9.17) is 17.3 Å². The Balaban J connectivity index is 1.43. The molecule has 0 spiro atoms. The zero-order valence-electron chi connectivity index (χ0n) is 33.6. The molecule has 0 bridgehead atoms. The van der Waals surface area contributed by atoms with Crippen LogP contribution in [-0.4, -0.2) is 128 Å². The summed E-state index contributed by atoms with van der Waals surface area (Å²) in [6.07, 6.45) is -1.80. The first-order valence-electron chi connectivity index (χ1n) is 19.1. The number of nitrogens with zero attached hydrogens (tertiary/aromatic N) is 3. The summed E-state index contributed by atoms with van der Waals surface area (Å²) in [4.78, 5) is 84.3. The molecule has 1 aliphatic heterocycles. The highest BCUT2D eigenvalue weighted by Gasteiger charge is 2.36. The second-order valence-corrected chi connectivity index (χ2v) is 16.7. The zero-order chi connectivity index (χ0) is 45.8. The molecule has 8 N–H and O–H groups in total. The van der Waals surface area contributed by atoms with Crippen molar-refractivity contribution < 1.29 is 55.5 Å². The fourth-order valence-electron chi connectivity index (χ4n) is 6.42. The molecule has 336 valence electrons. The molecule has 0 saturated carbocycles. The summed E-state index contributed by atoms with van der Waals surface area (Å²) in [6.45, 7) is 1.04. The van der Waals surface area contributed by atoms with Crippen LogP contribution in [0.4, 0.5) is 18.9 Å². The summed E-state index contributed by atoms with van der Waals surface area (Å²) in [6, 6.07) is 6.44. The number of nitrogens with two attached hydrogens (primary N) is 1. The van der Waals surface area contributed by atoms with E-state index in [0.717, 1.165) is 32.0 Å². The Kier molecular flexibility index (Phi) is 17.3. The number of carboxylic acid groups (broad SMARTS) is 1. The maximum absolute atomic E-state index is 14.0. The maximum Gasteiger partial charge on any atom is 0.417 e. The Hall–Kier alpha value is -5.68. The van der Waals surface area contributed by atoms with Gasteiger partial charge in [-0.15, -0.1) is 0 Å². The number of aromatic nitrogens is 1. The summed E-state index contributed by atoms with van der Waals surface area (Å²) in [7, 11) is -1.00. The van der Waals surface area contributed by atoms with E-state index in [1.807, 2.05) is 19.0 Å². The minimum atomic E-state index is -5.01. The number of hydrogen-bond donors (Lipinski definition) is 7. The van der Waals surface area contributed by atoms with Crippen LogP contribution in [0.25, 0.3) is 0 Å². The van der Waals surface area contributed by atoms with Crippen LogP contribution < -0.4 is 31.7 Å². The van der Waals surface area contributed by atoms with Crippen molar-refractivity contribution in [2.24, 2.45) is 5.73 Å². The van der Waals surface area contributed by atoms with E-state index in [2.05, 4.69) is 31.2 Å². The van der Waals surface area contributed by atoms with Gasteiger partial charge in [0.15, 0.2) is 0 Å². The minimum absolute atomic E-state index is 0.0692. The number of likely N-dealkylation sites (N-methyl/N-ethyl adjacent to an activating group) is 1. The van der Waals surface area contributed by atoms with Gasteiger partial charge in [-0.1, -0.05) is 11.6 Å². The topological polar surface area (TPSA) is 262 Å². The number of carbonyl (C=O) groups excluding carboxylic acids is 5. The molecule has 2 aromatic carbocycles. The van der Waals surface area contributed by atoms with E-state index in [1.54, 1.807) is 16.9 Å². The van der Waals surface area contributed by atoms with Crippen LogP contribution in [0, 0.1) is 0 Å². The second-order valence-electron chi connectivity index (χ2n) is 14.6. The van der Waals surface area contributed by atoms with Gasteiger partial charge >= 0.3 is 12.1 Å². The third-order valence-electron chi connectivity index (χ3n) is 9.95. The summed E-state index contributed by atoms with van der Waals surface area (Å²) in [5, 5.41) is 19.2. The van der Waals surface area contributed by atoms with Crippen LogP contribution in [0.5, 0.6) is 0 Å². The maximum atomic E-state index is 14.0. The number of benzene rings is 2. The predicted molar refractivity (Wildman–Crippen MR) is 219 cm³/mol. The van der Waals surface area contributed by atoms with Crippen LogP contribution in [0.1, 0.15) is 47.2 Å². The highest BCUT2D eigenvalue weighted by atomic mass is 35.5. The molecule has 1 aliphatic rings. The van der Waals surface area contributed by atoms with E-state index in [0.29, 0.717) is 17.3 Å². The Bertz CT molecular complexity index is 2200. The number of carboxylic acids is 1. The number of piperidine rings is 1. The number of primary amides is 1. The van der Waals surface area contributed by atoms with E-state index in [9.17, 15) is 55.5 Å². The fourth-order valence-corrected chi connectivity index (χ4v) is 7.89. The number of sulfonamides is 1. The van der Waals surface area contributed by atoms with E-state index < -0.39 is 105 Å². The van der Waals surface area contributed by atoms with Crippen molar-refractivity contribution in [1.82, 2.24) is 35.5 Å². The Morgan fingerprint density at radius 1 is 0.935 bits per heavy atom. The van der Waals surface area contributed by atoms with Crippen LogP contribution in [0.3, 0.4) is 0 Å². The van der Waals surface area contributed by atoms with Gasteiger partial charge in [-0.25, -0.2) is 8.42 Å². The van der Waals surface area contributed by atoms with Crippen LogP contribution in [0.15, 0.2) is 71.9 Å². The lowest BCUT2D eigenvalue weighted by atomic mass is 10.0. The number of alkyl halides is 3. The van der Waals surface area contributed by atoms with Crippen LogP contribution >= 0.6 is 11.6 Å². The van der Waals surface area contributed by atoms with Crippen molar-refractivity contribution in [2.75, 3.05) is 45.6 Å². The highest BCUT2D eigenvalue weighted by molar-refractivity contribution is 7.89. The smallest absolute Gasteiger partial charge is 0.417 e. The zero-order valence-corrected chi connectivity index (χ0v) is 35.1. The number of amides is 5. The molecule has 0 unspecified atom stereocenters. The molecule has 4 rings (SSSR count). The van der Waals surface area contributed by atoms with Crippen molar-refractivity contribution in [1.29, 1.82) is 0 Å². The van der Waals surface area contributed by atoms with E-state index in [-0.39, 0.29) is 30.6 Å². The lowest BCUT2D eigenvalue weighted by molar-refractivity contribution is -0.139. The third-order valence-corrected chi connectivity index (χ3v) is 11.7. The van der Waals surface area contributed by atoms with Crippen LogP contribution in [-0.2, 0) is 46.6 Å². The van der Waals surface area contributed by atoms with Gasteiger partial charge in [0.05, 0.1) is 22.0 Å². The van der Waals surface area contributed by atoms with Gasteiger partial charge in [-0.2, -0.15) is 17.9 Å². The van der Waals surface area contributed by atoms with Gasteiger partial charge in [0.25, 0.3) is 0 Å². The molecular formula is C39H47ClF3N9O9S. The average Bonchev–Trinajstić information content (AvgIpc) is 3.21. The molecule has 0 radical (unpaired) electrons. The van der Waals surface area contributed by atoms with E-state index in [1.165, 1.54) is 36.7 Å². The molecule has 1 saturated heterocycles. The number of nitrogens with one attached hydrogen (secondary N) is 5. The van der Waals surface area contributed by atoms with Crippen molar-refractivity contribution in [3.8, 4) is 0 Å². The molecule has 62 heavy (non-hydrogen) atoms. The van der Waals surface area contributed by atoms with Crippen molar-refractivity contribution in [2.45, 2.75) is 67.3 Å². The number of aliphatic carboxylic acids is 1. The van der Waals surface area contributed by atoms with Crippen molar-refractivity contribution in [3.63, 3.8) is 0 Å². The highest BCUT2D eigenvalue weighted by Crippen LogP contribution is 2.36. The molecule has 1 aromatic heterocycles. The van der Waals surface area contributed by atoms with Crippen LogP contribution in [0.2, 0.25) is 5.02 Å². The SMILES string of the molecule is CN1CCC(N(C)C[C@H](NC(=O)[C@H](Cc2ccncc2)NC(=O)CNC(=O)CC[C@H](NS(=O)(=O)c2ccc(Cl)c(C(F)(F)F)c2)C(=O)O)C(=O)Nc2ccc(C(N)=O)cc2)CC1. The third kappa shape index (κ3) is 14.8. The minimum Gasteiger partial charge on any atom is -0.480 e.